The number of hydrogen-bond donors (Lipinski definition) is 5. The number of rotatable bonds is 7. The Labute approximate surface area is 216 Å². The molecule has 5 N–H and O–H groups in total. The minimum Gasteiger partial charge on any atom is -0.482 e. The van der Waals surface area contributed by atoms with Crippen LogP contribution in [0.2, 0.25) is 0 Å². The molecule has 0 fully saturated rings. The summed E-state index contributed by atoms with van der Waals surface area (Å²) in [6.07, 6.45) is 7.45. The molecule has 38 heavy (non-hydrogen) atoms. The highest BCUT2D eigenvalue weighted by atomic mass is 32.2. The van der Waals surface area contributed by atoms with Gasteiger partial charge in [-0.05, 0) is 30.2 Å². The number of nitrogens with one attached hydrogen (secondary N) is 5. The van der Waals surface area contributed by atoms with Crippen LogP contribution in [-0.2, 0) is 26.2 Å². The van der Waals surface area contributed by atoms with Crippen LogP contribution in [0.25, 0.3) is 11.0 Å². The molecule has 1 aliphatic carbocycles. The fraction of sp³-hybridized carbons (Fsp3) is 0.208. The van der Waals surface area contributed by atoms with Crippen LogP contribution in [0, 0.1) is 0 Å². The van der Waals surface area contributed by atoms with Gasteiger partial charge in [-0.15, -0.1) is 0 Å². The molecule has 0 saturated heterocycles. The molecule has 2 aliphatic rings. The number of hydrogen-bond acceptors (Lipinski definition) is 8. The molecule has 1 atom stereocenters. The van der Waals surface area contributed by atoms with Gasteiger partial charge in [-0.3, -0.25) is 19.1 Å². The lowest BCUT2D eigenvalue weighted by Gasteiger charge is -2.18. The summed E-state index contributed by atoms with van der Waals surface area (Å²) in [6.45, 7) is 1.49. The summed E-state index contributed by atoms with van der Waals surface area (Å²) in [5.41, 5.74) is 1.91. The number of allylic oxidation sites excluding steroid dienone is 1. The molecule has 0 spiro atoms. The third-order valence-electron chi connectivity index (χ3n) is 5.82. The zero-order chi connectivity index (χ0) is 26.9. The molecular formula is C24H23N7O6S. The molecule has 1 aromatic carbocycles. The molecule has 196 valence electrons. The normalized spacial score (nSPS) is 16.6. The Morgan fingerprint density at radius 3 is 2.84 bits per heavy atom. The van der Waals surface area contributed by atoms with Crippen LogP contribution in [0.4, 0.5) is 11.4 Å². The zero-order valence-corrected chi connectivity index (χ0v) is 20.9. The molecule has 1 aliphatic heterocycles. The van der Waals surface area contributed by atoms with Gasteiger partial charge in [0.2, 0.25) is 5.91 Å². The monoisotopic (exact) mass is 537 g/mol. The van der Waals surface area contributed by atoms with Gasteiger partial charge in [-0.25, -0.2) is 18.4 Å². The number of aromatic amines is 1. The standard InChI is InChI=1S/C24H23N7O6S/c1-13(32)29-15-3-5-16(6-4-15)38(35,36)31-18-10-25-22-21(18)27-12-28-23(22)24(34)26-9-14-2-7-19-17(8-14)30-20(33)11-37-19/h2-3,5-8,10,12,15,25,31H,4,9,11H2,1H3,(H,26,34)(H,29,32)(H,30,33). The lowest BCUT2D eigenvalue weighted by Crippen LogP contribution is -2.32. The molecular weight excluding hydrogens is 514 g/mol. The third-order valence-corrected chi connectivity index (χ3v) is 7.23. The summed E-state index contributed by atoms with van der Waals surface area (Å²) in [6, 6.07) is 4.90. The molecule has 14 heteroatoms. The molecule has 13 nitrogen and oxygen atoms in total. The van der Waals surface area contributed by atoms with E-state index in [1.807, 2.05) is 0 Å². The number of benzene rings is 1. The quantitative estimate of drug-likeness (QED) is 0.299. The molecule has 3 heterocycles. The van der Waals surface area contributed by atoms with Crippen LogP contribution >= 0.6 is 0 Å². The number of carbonyl (C=O) groups excluding carboxylic acids is 3. The van der Waals surface area contributed by atoms with Gasteiger partial charge < -0.3 is 25.7 Å². The lowest BCUT2D eigenvalue weighted by molar-refractivity contribution is -0.119. The van der Waals surface area contributed by atoms with Gasteiger partial charge in [0.15, 0.2) is 12.3 Å². The molecule has 3 amide bonds. The number of carbonyl (C=O) groups is 3. The number of anilines is 2. The predicted octanol–water partition coefficient (Wildman–Crippen LogP) is 1.31. The Hall–Kier alpha value is -4.72. The van der Waals surface area contributed by atoms with E-state index in [4.69, 9.17) is 4.74 Å². The first kappa shape index (κ1) is 25.0. The second kappa shape index (κ2) is 9.97. The Kier molecular flexibility index (Phi) is 6.55. The van der Waals surface area contributed by atoms with E-state index in [9.17, 15) is 22.8 Å². The van der Waals surface area contributed by atoms with E-state index in [0.717, 1.165) is 5.56 Å². The van der Waals surface area contributed by atoms with Crippen LogP contribution in [0.5, 0.6) is 5.75 Å². The van der Waals surface area contributed by atoms with E-state index < -0.39 is 15.9 Å². The number of fused-ring (bicyclic) bond motifs is 2. The van der Waals surface area contributed by atoms with Crippen molar-refractivity contribution in [2.75, 3.05) is 16.6 Å². The SMILES string of the molecule is CC(=O)NC1C=CC(S(=O)(=O)Nc2c[nH]c3c(C(=O)NCc4ccc5c(c4)NC(=O)CO5)ncnc23)=CC1. The van der Waals surface area contributed by atoms with Crippen LogP contribution in [0.1, 0.15) is 29.4 Å². The van der Waals surface area contributed by atoms with Crippen molar-refractivity contribution in [3.05, 3.63) is 65.1 Å². The molecule has 0 saturated carbocycles. The Bertz CT molecular complexity index is 1630. The van der Waals surface area contributed by atoms with Crippen molar-refractivity contribution in [2.24, 2.45) is 0 Å². The van der Waals surface area contributed by atoms with Crippen LogP contribution in [-0.4, -0.2) is 53.7 Å². The van der Waals surface area contributed by atoms with Crippen molar-refractivity contribution in [3.8, 4) is 5.75 Å². The van der Waals surface area contributed by atoms with Crippen molar-refractivity contribution in [2.45, 2.75) is 25.9 Å². The fourth-order valence-corrected chi connectivity index (χ4v) is 5.20. The van der Waals surface area contributed by atoms with Crippen molar-refractivity contribution >= 4 is 50.2 Å². The van der Waals surface area contributed by atoms with Gasteiger partial charge in [-0.2, -0.15) is 0 Å². The topological polar surface area (TPSA) is 184 Å². The van der Waals surface area contributed by atoms with Gasteiger partial charge in [0.05, 0.1) is 27.8 Å². The van der Waals surface area contributed by atoms with Gasteiger partial charge >= 0.3 is 0 Å². The summed E-state index contributed by atoms with van der Waals surface area (Å²) >= 11 is 0. The van der Waals surface area contributed by atoms with E-state index in [1.165, 1.54) is 31.6 Å². The number of aromatic nitrogens is 3. The maximum Gasteiger partial charge on any atom is 0.272 e. The Morgan fingerprint density at radius 1 is 1.24 bits per heavy atom. The molecule has 0 radical (unpaired) electrons. The van der Waals surface area contributed by atoms with Gasteiger partial charge in [0.1, 0.15) is 17.6 Å². The third kappa shape index (κ3) is 5.20. The van der Waals surface area contributed by atoms with Crippen LogP contribution in [0.3, 0.4) is 0 Å². The number of ether oxygens (including phenoxy) is 1. The molecule has 5 rings (SSSR count). The molecule has 2 aromatic heterocycles. The highest BCUT2D eigenvalue weighted by Crippen LogP contribution is 2.29. The second-order valence-corrected chi connectivity index (χ2v) is 10.3. The van der Waals surface area contributed by atoms with E-state index in [0.29, 0.717) is 17.9 Å². The largest absolute Gasteiger partial charge is 0.482 e. The van der Waals surface area contributed by atoms with E-state index in [2.05, 4.69) is 35.6 Å². The summed E-state index contributed by atoms with van der Waals surface area (Å²) in [7, 11) is -3.95. The highest BCUT2D eigenvalue weighted by Gasteiger charge is 2.23. The minimum absolute atomic E-state index is 0.0324. The number of amides is 3. The molecule has 0 bridgehead atoms. The van der Waals surface area contributed by atoms with Crippen molar-refractivity contribution in [1.29, 1.82) is 0 Å². The van der Waals surface area contributed by atoms with E-state index in [1.54, 1.807) is 24.3 Å². The van der Waals surface area contributed by atoms with Crippen LogP contribution in [0.15, 0.2) is 53.9 Å². The number of nitrogens with zero attached hydrogens (tertiary/aromatic N) is 2. The first-order chi connectivity index (χ1) is 18.2. The van der Waals surface area contributed by atoms with E-state index in [-0.39, 0.29) is 58.3 Å². The maximum atomic E-state index is 12.9. The Balaban J connectivity index is 1.29. The lowest BCUT2D eigenvalue weighted by atomic mass is 10.1. The summed E-state index contributed by atoms with van der Waals surface area (Å²) < 4.78 is 33.7. The van der Waals surface area contributed by atoms with E-state index >= 15 is 0 Å². The highest BCUT2D eigenvalue weighted by molar-refractivity contribution is 7.96. The molecule has 1 unspecified atom stereocenters. The van der Waals surface area contributed by atoms with Crippen LogP contribution < -0.4 is 25.4 Å². The average molecular weight is 538 g/mol. The smallest absolute Gasteiger partial charge is 0.272 e. The van der Waals surface area contributed by atoms with Crippen molar-refractivity contribution in [3.63, 3.8) is 0 Å². The summed E-state index contributed by atoms with van der Waals surface area (Å²) in [5, 5.41) is 8.19. The fourth-order valence-electron chi connectivity index (χ4n) is 4.07. The maximum absolute atomic E-state index is 12.9. The average Bonchev–Trinajstić information content (AvgIpc) is 3.29. The zero-order valence-electron chi connectivity index (χ0n) is 20.1. The number of H-pyrrole nitrogens is 1. The van der Waals surface area contributed by atoms with Gasteiger partial charge in [-0.1, -0.05) is 18.2 Å². The van der Waals surface area contributed by atoms with Gasteiger partial charge in [0, 0.05) is 19.7 Å². The first-order valence-electron chi connectivity index (χ1n) is 11.5. The predicted molar refractivity (Wildman–Crippen MR) is 138 cm³/mol. The summed E-state index contributed by atoms with van der Waals surface area (Å²) in [4.78, 5) is 46.8. The van der Waals surface area contributed by atoms with Crippen molar-refractivity contribution < 1.29 is 27.5 Å². The number of sulfonamides is 1. The second-order valence-electron chi connectivity index (χ2n) is 8.61. The van der Waals surface area contributed by atoms with Gasteiger partial charge in [0.25, 0.3) is 21.8 Å². The molecule has 3 aromatic rings. The minimum atomic E-state index is -3.95. The Morgan fingerprint density at radius 2 is 2.08 bits per heavy atom. The first-order valence-corrected chi connectivity index (χ1v) is 13.0. The summed E-state index contributed by atoms with van der Waals surface area (Å²) in [5.74, 6) is -0.425. The van der Waals surface area contributed by atoms with Crippen molar-refractivity contribution in [1.82, 2.24) is 25.6 Å².